The molecule has 0 aromatic heterocycles. The molecule has 1 aromatic rings. The first kappa shape index (κ1) is 11.8. The second kappa shape index (κ2) is 3.66. The molecule has 4 nitrogen and oxygen atoms in total. The van der Waals surface area contributed by atoms with Gasteiger partial charge >= 0.3 is 5.97 Å². The Morgan fingerprint density at radius 3 is 2.65 bits per heavy atom. The first-order valence-electron chi connectivity index (χ1n) is 4.82. The summed E-state index contributed by atoms with van der Waals surface area (Å²) in [6.45, 7) is 1.36. The van der Waals surface area contributed by atoms with Crippen LogP contribution in [-0.2, 0) is 14.6 Å². The highest BCUT2D eigenvalue weighted by atomic mass is 32.2. The molecule has 17 heavy (non-hydrogen) atoms. The van der Waals surface area contributed by atoms with E-state index in [0.29, 0.717) is 0 Å². The molecule has 1 aliphatic rings. The normalized spacial score (nSPS) is 18.4. The van der Waals surface area contributed by atoms with Crippen LogP contribution in [0.5, 0.6) is 0 Å². The van der Waals surface area contributed by atoms with E-state index in [2.05, 4.69) is 0 Å². The Kier molecular flexibility index (Phi) is 2.54. The summed E-state index contributed by atoms with van der Waals surface area (Å²) in [7, 11) is -3.64. The van der Waals surface area contributed by atoms with E-state index in [4.69, 9.17) is 5.11 Å². The van der Waals surface area contributed by atoms with E-state index in [9.17, 15) is 17.6 Å². The number of carboxylic acid groups (broad SMARTS) is 1. The lowest BCUT2D eigenvalue weighted by atomic mass is 9.96. The summed E-state index contributed by atoms with van der Waals surface area (Å²) in [6.07, 6.45) is 0. The summed E-state index contributed by atoms with van der Waals surface area (Å²) in [5.74, 6) is -2.74. The van der Waals surface area contributed by atoms with Crippen LogP contribution in [0.25, 0.3) is 5.57 Å². The molecule has 0 saturated carbocycles. The van der Waals surface area contributed by atoms with Crippen LogP contribution in [0.4, 0.5) is 4.39 Å². The fourth-order valence-corrected chi connectivity index (χ4v) is 3.27. The van der Waals surface area contributed by atoms with Gasteiger partial charge in [-0.1, -0.05) is 0 Å². The molecule has 1 atom stereocenters. The average Bonchev–Trinajstić information content (AvgIpc) is 2.49. The van der Waals surface area contributed by atoms with Crippen LogP contribution >= 0.6 is 0 Å². The van der Waals surface area contributed by atoms with E-state index < -0.39 is 27.5 Å². The lowest BCUT2D eigenvalue weighted by molar-refractivity contribution is -0.139. The molecule has 0 aliphatic carbocycles. The van der Waals surface area contributed by atoms with Crippen molar-refractivity contribution in [2.75, 3.05) is 0 Å². The monoisotopic (exact) mass is 256 g/mol. The zero-order chi connectivity index (χ0) is 12.8. The first-order valence-corrected chi connectivity index (χ1v) is 6.37. The van der Waals surface area contributed by atoms with E-state index >= 15 is 0 Å². The summed E-state index contributed by atoms with van der Waals surface area (Å²) in [4.78, 5) is 10.8. The van der Waals surface area contributed by atoms with Gasteiger partial charge in [0.2, 0.25) is 9.84 Å². The predicted molar refractivity (Wildman–Crippen MR) is 58.4 cm³/mol. The van der Waals surface area contributed by atoms with Gasteiger partial charge in [0.25, 0.3) is 0 Å². The lowest BCUT2D eigenvalue weighted by Crippen LogP contribution is -2.10. The van der Waals surface area contributed by atoms with Gasteiger partial charge in [-0.05, 0) is 30.7 Å². The summed E-state index contributed by atoms with van der Waals surface area (Å²) in [5.41, 5.74) is 0.256. The van der Waals surface area contributed by atoms with E-state index in [1.807, 2.05) is 0 Å². The van der Waals surface area contributed by atoms with Gasteiger partial charge in [-0.2, -0.15) is 0 Å². The van der Waals surface area contributed by atoms with Crippen molar-refractivity contribution in [3.63, 3.8) is 0 Å². The van der Waals surface area contributed by atoms with E-state index in [1.165, 1.54) is 6.92 Å². The van der Waals surface area contributed by atoms with E-state index in [-0.39, 0.29) is 16.0 Å². The number of hydrogen-bond acceptors (Lipinski definition) is 3. The third-order valence-corrected chi connectivity index (χ3v) is 4.21. The van der Waals surface area contributed by atoms with Crippen molar-refractivity contribution in [2.45, 2.75) is 11.8 Å². The van der Waals surface area contributed by atoms with Crippen LogP contribution in [0.2, 0.25) is 0 Å². The summed E-state index contributed by atoms with van der Waals surface area (Å²) < 4.78 is 36.5. The van der Waals surface area contributed by atoms with Crippen LogP contribution in [0.3, 0.4) is 0 Å². The predicted octanol–water partition coefficient (Wildman–Crippen LogP) is 1.67. The largest absolute Gasteiger partial charge is 0.481 e. The first-order chi connectivity index (χ1) is 7.83. The Balaban J connectivity index is 2.67. The van der Waals surface area contributed by atoms with Crippen molar-refractivity contribution < 1.29 is 22.7 Å². The number of aliphatic carboxylic acids is 1. The maximum Gasteiger partial charge on any atom is 0.310 e. The van der Waals surface area contributed by atoms with Crippen LogP contribution in [0.15, 0.2) is 28.5 Å². The third kappa shape index (κ3) is 1.84. The molecule has 1 aliphatic heterocycles. The minimum Gasteiger partial charge on any atom is -0.481 e. The molecule has 1 aromatic carbocycles. The minimum atomic E-state index is -3.64. The number of fused-ring (bicyclic) bond motifs is 1. The molecule has 1 heterocycles. The molecular weight excluding hydrogens is 247 g/mol. The molecule has 0 amide bonds. The molecule has 90 valence electrons. The van der Waals surface area contributed by atoms with Gasteiger partial charge < -0.3 is 5.11 Å². The second-order valence-corrected chi connectivity index (χ2v) is 5.58. The van der Waals surface area contributed by atoms with Gasteiger partial charge in [-0.15, -0.1) is 0 Å². The maximum atomic E-state index is 13.1. The van der Waals surface area contributed by atoms with Crippen molar-refractivity contribution in [1.29, 1.82) is 0 Å². The topological polar surface area (TPSA) is 71.4 Å². The van der Waals surface area contributed by atoms with Crippen LogP contribution in [0, 0.1) is 11.7 Å². The molecule has 0 saturated heterocycles. The summed E-state index contributed by atoms with van der Waals surface area (Å²) >= 11 is 0. The van der Waals surface area contributed by atoms with Gasteiger partial charge in [0, 0.05) is 11.0 Å². The van der Waals surface area contributed by atoms with E-state index in [1.54, 1.807) is 0 Å². The number of sulfone groups is 1. The molecule has 0 spiro atoms. The Hall–Kier alpha value is -1.69. The van der Waals surface area contributed by atoms with Gasteiger partial charge in [0.15, 0.2) is 0 Å². The highest BCUT2D eigenvalue weighted by Crippen LogP contribution is 2.37. The highest BCUT2D eigenvalue weighted by Gasteiger charge is 2.32. The van der Waals surface area contributed by atoms with Crippen LogP contribution < -0.4 is 0 Å². The number of benzene rings is 1. The van der Waals surface area contributed by atoms with Crippen LogP contribution in [-0.4, -0.2) is 19.5 Å². The van der Waals surface area contributed by atoms with Crippen molar-refractivity contribution in [2.24, 2.45) is 5.92 Å². The SMILES string of the molecule is CC(C(=O)O)C1=CS(=O)(=O)c2ccc(F)cc21. The lowest BCUT2D eigenvalue weighted by Gasteiger charge is -2.08. The summed E-state index contributed by atoms with van der Waals surface area (Å²) in [5, 5.41) is 9.78. The third-order valence-electron chi connectivity index (χ3n) is 2.68. The number of carbonyl (C=O) groups is 1. The zero-order valence-corrected chi connectivity index (χ0v) is 9.66. The minimum absolute atomic E-state index is 0.0398. The van der Waals surface area contributed by atoms with Crippen molar-refractivity contribution >= 4 is 21.4 Å². The van der Waals surface area contributed by atoms with Crippen LogP contribution in [0.1, 0.15) is 12.5 Å². The standard InChI is InChI=1S/C11H9FO4S/c1-6(11(13)14)9-5-17(15,16)10-3-2-7(12)4-8(9)10/h2-6H,1H3,(H,13,14). The Morgan fingerprint density at radius 2 is 2.06 bits per heavy atom. The fourth-order valence-electron chi connectivity index (χ4n) is 1.74. The van der Waals surface area contributed by atoms with Gasteiger partial charge in [-0.3, -0.25) is 4.79 Å². The quantitative estimate of drug-likeness (QED) is 0.817. The Bertz CT molecular complexity index is 631. The van der Waals surface area contributed by atoms with E-state index in [0.717, 1.165) is 23.6 Å². The molecule has 0 bridgehead atoms. The molecule has 1 unspecified atom stereocenters. The smallest absolute Gasteiger partial charge is 0.310 e. The molecule has 0 radical (unpaired) electrons. The van der Waals surface area contributed by atoms with Gasteiger partial charge in [0.1, 0.15) is 5.82 Å². The van der Waals surface area contributed by atoms with Crippen molar-refractivity contribution in [1.82, 2.24) is 0 Å². The van der Waals surface area contributed by atoms with Crippen molar-refractivity contribution in [3.8, 4) is 0 Å². The molecule has 2 rings (SSSR count). The molecule has 1 N–H and O–H groups in total. The Labute approximate surface area is 97.3 Å². The van der Waals surface area contributed by atoms with Gasteiger partial charge in [0.05, 0.1) is 10.8 Å². The summed E-state index contributed by atoms with van der Waals surface area (Å²) in [6, 6.07) is 3.24. The number of carboxylic acids is 1. The zero-order valence-electron chi connectivity index (χ0n) is 8.84. The molecular formula is C11H9FO4S. The number of rotatable bonds is 2. The number of hydrogen-bond donors (Lipinski definition) is 1. The maximum absolute atomic E-state index is 13.1. The second-order valence-electron chi connectivity index (χ2n) is 3.82. The van der Waals surface area contributed by atoms with Gasteiger partial charge in [-0.25, -0.2) is 12.8 Å². The number of halogens is 1. The Morgan fingerprint density at radius 1 is 1.41 bits per heavy atom. The highest BCUT2D eigenvalue weighted by molar-refractivity contribution is 7.95. The fraction of sp³-hybridized carbons (Fsp3) is 0.182. The van der Waals surface area contributed by atoms with Crippen molar-refractivity contribution in [3.05, 3.63) is 35.0 Å². The average molecular weight is 256 g/mol. The molecule has 6 heteroatoms. The molecule has 0 fully saturated rings.